The third-order valence-corrected chi connectivity index (χ3v) is 4.64. The van der Waals surface area contributed by atoms with Crippen LogP contribution in [0, 0.1) is 0 Å². The number of para-hydroxylation sites is 1. The molecule has 7 heteroatoms. The molecule has 0 aliphatic rings. The summed E-state index contributed by atoms with van der Waals surface area (Å²) in [5.74, 6) is 1.64. The predicted octanol–water partition coefficient (Wildman–Crippen LogP) is 4.02. The van der Waals surface area contributed by atoms with Gasteiger partial charge in [0.1, 0.15) is 11.3 Å². The Morgan fingerprint density at radius 1 is 1.14 bits per heavy atom. The van der Waals surface area contributed by atoms with Gasteiger partial charge in [-0.25, -0.2) is 4.98 Å². The van der Waals surface area contributed by atoms with E-state index in [9.17, 15) is 0 Å². The Hall–Kier alpha value is -2.25. The molecule has 0 aliphatic carbocycles. The first-order valence-corrected chi connectivity index (χ1v) is 8.03. The highest BCUT2D eigenvalue weighted by molar-refractivity contribution is 7.21. The number of hydrogen-bond donors (Lipinski definition) is 1. The molecule has 1 aromatic carbocycles. The van der Waals surface area contributed by atoms with Crippen LogP contribution in [0.5, 0.6) is 0 Å². The first-order chi connectivity index (χ1) is 10.4. The molecule has 0 amide bonds. The van der Waals surface area contributed by atoms with Gasteiger partial charge in [0.2, 0.25) is 5.13 Å². The van der Waals surface area contributed by atoms with Crippen molar-refractivity contribution in [2.75, 3.05) is 5.32 Å². The molecule has 0 radical (unpaired) electrons. The standard InChI is InChI=1S/C14H10N4OS2/c1-2-4-12-10(3-1)17-13(21-12)11-6-5-9(19-11)7-15-14-18-16-8-20-14/h1-6,8H,7H2,(H,15,18). The summed E-state index contributed by atoms with van der Waals surface area (Å²) < 4.78 is 7.00. The van der Waals surface area contributed by atoms with Gasteiger partial charge in [0.05, 0.1) is 16.8 Å². The lowest BCUT2D eigenvalue weighted by atomic mass is 10.3. The zero-order valence-electron chi connectivity index (χ0n) is 10.8. The molecule has 1 N–H and O–H groups in total. The maximum atomic E-state index is 5.84. The van der Waals surface area contributed by atoms with E-state index in [2.05, 4.69) is 26.6 Å². The van der Waals surface area contributed by atoms with Crippen LogP contribution in [0.4, 0.5) is 5.13 Å². The number of rotatable bonds is 4. The van der Waals surface area contributed by atoms with Crippen LogP contribution < -0.4 is 5.32 Å². The van der Waals surface area contributed by atoms with Gasteiger partial charge in [0.15, 0.2) is 10.8 Å². The molecule has 0 bridgehead atoms. The summed E-state index contributed by atoms with van der Waals surface area (Å²) in [4.78, 5) is 4.59. The van der Waals surface area contributed by atoms with Crippen molar-refractivity contribution in [3.05, 3.63) is 47.7 Å². The minimum Gasteiger partial charge on any atom is -0.457 e. The molecule has 21 heavy (non-hydrogen) atoms. The SMILES string of the molecule is c1ccc2sc(-c3ccc(CNc4nncs4)o3)nc2c1. The summed E-state index contributed by atoms with van der Waals surface area (Å²) in [5, 5.41) is 12.6. The van der Waals surface area contributed by atoms with Gasteiger partial charge >= 0.3 is 0 Å². The number of thiazole rings is 1. The van der Waals surface area contributed by atoms with Crippen molar-refractivity contribution in [2.24, 2.45) is 0 Å². The number of nitrogens with zero attached hydrogens (tertiary/aromatic N) is 3. The summed E-state index contributed by atoms with van der Waals surface area (Å²) >= 11 is 3.10. The van der Waals surface area contributed by atoms with Crippen LogP contribution in [0.3, 0.4) is 0 Å². The fourth-order valence-electron chi connectivity index (χ4n) is 1.98. The zero-order chi connectivity index (χ0) is 14.1. The van der Waals surface area contributed by atoms with E-state index in [1.807, 2.05) is 30.3 Å². The molecule has 4 rings (SSSR count). The van der Waals surface area contributed by atoms with Crippen LogP contribution in [0.1, 0.15) is 5.76 Å². The second-order valence-electron chi connectivity index (χ2n) is 4.35. The molecule has 0 spiro atoms. The van der Waals surface area contributed by atoms with Crippen molar-refractivity contribution in [1.82, 2.24) is 15.2 Å². The smallest absolute Gasteiger partial charge is 0.205 e. The van der Waals surface area contributed by atoms with E-state index in [-0.39, 0.29) is 0 Å². The third kappa shape index (κ3) is 2.53. The molecular weight excluding hydrogens is 304 g/mol. The minimum atomic E-state index is 0.583. The Bertz CT molecular complexity index is 833. The topological polar surface area (TPSA) is 63.8 Å². The first kappa shape index (κ1) is 12.5. The molecular formula is C14H10N4OS2. The lowest BCUT2D eigenvalue weighted by Gasteiger charge is -1.97. The van der Waals surface area contributed by atoms with E-state index in [4.69, 9.17) is 4.42 Å². The average molecular weight is 314 g/mol. The van der Waals surface area contributed by atoms with Crippen molar-refractivity contribution >= 4 is 38.0 Å². The summed E-state index contributed by atoms with van der Waals surface area (Å²) in [6, 6.07) is 12.0. The van der Waals surface area contributed by atoms with E-state index >= 15 is 0 Å². The normalized spacial score (nSPS) is 11.0. The van der Waals surface area contributed by atoms with Crippen LogP contribution in [0.15, 0.2) is 46.3 Å². The molecule has 0 aliphatic heterocycles. The average Bonchev–Trinajstić information content (AvgIpc) is 3.24. The summed E-state index contributed by atoms with van der Waals surface area (Å²) in [7, 11) is 0. The fraction of sp³-hybridized carbons (Fsp3) is 0.0714. The summed E-state index contributed by atoms with van der Waals surface area (Å²) in [6.45, 7) is 0.583. The molecule has 0 atom stereocenters. The molecule has 3 heterocycles. The fourth-order valence-corrected chi connectivity index (χ4v) is 3.35. The highest BCUT2D eigenvalue weighted by Gasteiger charge is 2.10. The quantitative estimate of drug-likeness (QED) is 0.616. The maximum absolute atomic E-state index is 5.84. The monoisotopic (exact) mass is 314 g/mol. The molecule has 0 saturated carbocycles. The van der Waals surface area contributed by atoms with E-state index in [1.54, 1.807) is 16.8 Å². The molecule has 3 aromatic heterocycles. The number of fused-ring (bicyclic) bond motifs is 1. The lowest BCUT2D eigenvalue weighted by Crippen LogP contribution is -1.97. The molecule has 5 nitrogen and oxygen atoms in total. The van der Waals surface area contributed by atoms with Crippen LogP contribution in [0.25, 0.3) is 21.0 Å². The Morgan fingerprint density at radius 2 is 2.10 bits per heavy atom. The lowest BCUT2D eigenvalue weighted by molar-refractivity contribution is 0.531. The highest BCUT2D eigenvalue weighted by Crippen LogP contribution is 2.31. The van der Waals surface area contributed by atoms with Crippen LogP contribution in [0.2, 0.25) is 0 Å². The second kappa shape index (κ2) is 5.27. The molecule has 0 unspecified atom stereocenters. The molecule has 0 saturated heterocycles. The van der Waals surface area contributed by atoms with Crippen LogP contribution >= 0.6 is 22.7 Å². The van der Waals surface area contributed by atoms with Crippen molar-refractivity contribution in [3.63, 3.8) is 0 Å². The predicted molar refractivity (Wildman–Crippen MR) is 84.6 cm³/mol. The first-order valence-electron chi connectivity index (χ1n) is 6.33. The van der Waals surface area contributed by atoms with Gasteiger partial charge in [-0.2, -0.15) is 0 Å². The largest absolute Gasteiger partial charge is 0.457 e. The number of aromatic nitrogens is 3. The van der Waals surface area contributed by atoms with E-state index in [1.165, 1.54) is 11.3 Å². The van der Waals surface area contributed by atoms with Gasteiger partial charge in [0.25, 0.3) is 0 Å². The number of anilines is 1. The van der Waals surface area contributed by atoms with Gasteiger partial charge in [-0.3, -0.25) is 0 Å². The van der Waals surface area contributed by atoms with Crippen molar-refractivity contribution in [1.29, 1.82) is 0 Å². The summed E-state index contributed by atoms with van der Waals surface area (Å²) in [5.41, 5.74) is 2.69. The van der Waals surface area contributed by atoms with Gasteiger partial charge < -0.3 is 9.73 Å². The minimum absolute atomic E-state index is 0.583. The van der Waals surface area contributed by atoms with E-state index < -0.39 is 0 Å². The maximum Gasteiger partial charge on any atom is 0.205 e. The van der Waals surface area contributed by atoms with Crippen LogP contribution in [-0.2, 0) is 6.54 Å². The molecule has 0 fully saturated rings. The number of benzene rings is 1. The Kier molecular flexibility index (Phi) is 3.13. The van der Waals surface area contributed by atoms with E-state index in [0.29, 0.717) is 6.54 Å². The van der Waals surface area contributed by atoms with Crippen molar-refractivity contribution in [2.45, 2.75) is 6.54 Å². The molecule has 104 valence electrons. The Balaban J connectivity index is 1.56. The number of hydrogen-bond acceptors (Lipinski definition) is 7. The van der Waals surface area contributed by atoms with Crippen molar-refractivity contribution < 1.29 is 4.42 Å². The van der Waals surface area contributed by atoms with Crippen LogP contribution in [-0.4, -0.2) is 15.2 Å². The van der Waals surface area contributed by atoms with Gasteiger partial charge in [-0.1, -0.05) is 23.5 Å². The second-order valence-corrected chi connectivity index (χ2v) is 6.21. The van der Waals surface area contributed by atoms with E-state index in [0.717, 1.165) is 31.9 Å². The highest BCUT2D eigenvalue weighted by atomic mass is 32.1. The van der Waals surface area contributed by atoms with Gasteiger partial charge in [-0.05, 0) is 24.3 Å². The third-order valence-electron chi connectivity index (χ3n) is 2.94. The van der Waals surface area contributed by atoms with Gasteiger partial charge in [-0.15, -0.1) is 21.5 Å². The molecule has 4 aromatic rings. The number of furan rings is 1. The van der Waals surface area contributed by atoms with Gasteiger partial charge in [0, 0.05) is 0 Å². The Morgan fingerprint density at radius 3 is 2.95 bits per heavy atom. The van der Waals surface area contributed by atoms with Crippen molar-refractivity contribution in [3.8, 4) is 10.8 Å². The summed E-state index contributed by atoms with van der Waals surface area (Å²) in [6.07, 6.45) is 0. The Labute approximate surface area is 128 Å². The number of nitrogens with one attached hydrogen (secondary N) is 1. The zero-order valence-corrected chi connectivity index (χ0v) is 12.4.